The molecule has 2 heterocycles. The fourth-order valence-corrected chi connectivity index (χ4v) is 3.13. The molecule has 0 aliphatic carbocycles. The van der Waals surface area contributed by atoms with Gasteiger partial charge in [-0.1, -0.05) is 0 Å². The Labute approximate surface area is 151 Å². The lowest BCUT2D eigenvalue weighted by Crippen LogP contribution is -2.30. The molecule has 1 aliphatic heterocycles. The lowest BCUT2D eigenvalue weighted by atomic mass is 10.1. The van der Waals surface area contributed by atoms with E-state index in [4.69, 9.17) is 0 Å². The highest BCUT2D eigenvalue weighted by molar-refractivity contribution is 5.85. The monoisotopic (exact) mass is 372 g/mol. The first kappa shape index (κ1) is 19.8. The second-order valence-corrected chi connectivity index (χ2v) is 6.27. The van der Waals surface area contributed by atoms with E-state index in [-0.39, 0.29) is 30.1 Å². The highest BCUT2D eigenvalue weighted by Crippen LogP contribution is 2.21. The fourth-order valence-electron chi connectivity index (χ4n) is 3.13. The molecule has 1 aromatic heterocycles. The Bertz CT molecular complexity index is 738. The van der Waals surface area contributed by atoms with Gasteiger partial charge in [0.15, 0.2) is 5.82 Å². The van der Waals surface area contributed by atoms with Crippen LogP contribution in [-0.4, -0.2) is 40.6 Å². The first-order chi connectivity index (χ1) is 11.5. The van der Waals surface area contributed by atoms with Crippen molar-refractivity contribution in [2.75, 3.05) is 19.6 Å². The van der Waals surface area contributed by atoms with Crippen LogP contribution < -0.4 is 10.6 Å². The van der Waals surface area contributed by atoms with Crippen LogP contribution in [0.15, 0.2) is 18.2 Å². The van der Waals surface area contributed by atoms with E-state index in [0.717, 1.165) is 29.6 Å². The van der Waals surface area contributed by atoms with E-state index >= 15 is 0 Å². The van der Waals surface area contributed by atoms with Crippen molar-refractivity contribution in [3.63, 3.8) is 0 Å². The minimum atomic E-state index is -0.639. The van der Waals surface area contributed by atoms with E-state index in [9.17, 15) is 13.9 Å². The number of halogens is 3. The molecule has 0 radical (unpaired) electrons. The lowest BCUT2D eigenvalue weighted by molar-refractivity contribution is 0.146. The second kappa shape index (κ2) is 8.23. The van der Waals surface area contributed by atoms with Crippen LogP contribution in [0.1, 0.15) is 17.0 Å². The number of aryl methyl sites for hydroxylation is 1. The fraction of sp³-hybridized carbons (Fsp3) is 0.471. The third-order valence-corrected chi connectivity index (χ3v) is 4.59. The molecule has 3 N–H and O–H groups in total. The quantitative estimate of drug-likeness (QED) is 0.749. The van der Waals surface area contributed by atoms with Gasteiger partial charge in [0.2, 0.25) is 0 Å². The van der Waals surface area contributed by atoms with Crippen LogP contribution in [0, 0.1) is 31.4 Å². The second-order valence-electron chi connectivity index (χ2n) is 6.27. The van der Waals surface area contributed by atoms with Crippen molar-refractivity contribution in [2.45, 2.75) is 26.5 Å². The minimum absolute atomic E-state index is 0. The molecule has 1 aliphatic rings. The van der Waals surface area contributed by atoms with Crippen LogP contribution in [0.4, 0.5) is 8.78 Å². The number of rotatable bonds is 5. The molecule has 2 aromatic rings. The van der Waals surface area contributed by atoms with Gasteiger partial charge in [0, 0.05) is 49.4 Å². The summed E-state index contributed by atoms with van der Waals surface area (Å²) in [5.74, 6) is -1.06. The van der Waals surface area contributed by atoms with Crippen LogP contribution >= 0.6 is 12.4 Å². The van der Waals surface area contributed by atoms with Gasteiger partial charge in [-0.15, -0.1) is 12.4 Å². The largest absolute Gasteiger partial charge is 0.391 e. The van der Waals surface area contributed by atoms with Crippen molar-refractivity contribution in [2.24, 2.45) is 5.92 Å². The Hall–Kier alpha value is -1.54. The molecular formula is C17H23ClF2N4O. The number of benzene rings is 1. The van der Waals surface area contributed by atoms with Crippen LogP contribution in [0.25, 0.3) is 5.69 Å². The summed E-state index contributed by atoms with van der Waals surface area (Å²) >= 11 is 0. The summed E-state index contributed by atoms with van der Waals surface area (Å²) in [5.41, 5.74) is 2.84. The summed E-state index contributed by atoms with van der Waals surface area (Å²) in [5, 5.41) is 20.7. The van der Waals surface area contributed by atoms with Gasteiger partial charge in [-0.3, -0.25) is 0 Å². The molecule has 8 heteroatoms. The van der Waals surface area contributed by atoms with Crippen molar-refractivity contribution < 1.29 is 13.9 Å². The van der Waals surface area contributed by atoms with Crippen LogP contribution in [0.5, 0.6) is 0 Å². The number of aliphatic hydroxyl groups excluding tert-OH is 1. The number of hydrogen-bond acceptors (Lipinski definition) is 4. The van der Waals surface area contributed by atoms with Crippen molar-refractivity contribution in [3.8, 4) is 5.69 Å². The van der Waals surface area contributed by atoms with E-state index in [2.05, 4.69) is 15.7 Å². The number of hydrogen-bond donors (Lipinski definition) is 3. The zero-order valence-electron chi connectivity index (χ0n) is 14.2. The third kappa shape index (κ3) is 4.17. The van der Waals surface area contributed by atoms with Crippen LogP contribution in [0.3, 0.4) is 0 Å². The Morgan fingerprint density at radius 3 is 2.72 bits per heavy atom. The Balaban J connectivity index is 0.00000225. The first-order valence-corrected chi connectivity index (χ1v) is 8.07. The number of aliphatic hydroxyl groups is 1. The molecule has 0 saturated carbocycles. The van der Waals surface area contributed by atoms with E-state index in [0.29, 0.717) is 19.6 Å². The predicted octanol–water partition coefficient (Wildman–Crippen LogP) is 1.86. The molecule has 0 amide bonds. The van der Waals surface area contributed by atoms with Crippen molar-refractivity contribution in [1.29, 1.82) is 0 Å². The molecule has 1 aromatic carbocycles. The maximum absolute atomic E-state index is 14.0. The normalized spacial score (nSPS) is 19.9. The molecule has 25 heavy (non-hydrogen) atoms. The van der Waals surface area contributed by atoms with Crippen LogP contribution in [-0.2, 0) is 6.54 Å². The van der Waals surface area contributed by atoms with E-state index < -0.39 is 11.6 Å². The standard InChI is InChI=1S/C17H22F2N4O.ClH/c1-10-14(8-20-6-12-7-21-9-17(12)24)11(2)23(22-10)16-4-3-13(18)5-15(16)19;/h3-5,12,17,20-21,24H,6-9H2,1-2H3;1H. The summed E-state index contributed by atoms with van der Waals surface area (Å²) < 4.78 is 28.6. The zero-order chi connectivity index (χ0) is 17.3. The molecule has 0 bridgehead atoms. The van der Waals surface area contributed by atoms with Crippen molar-refractivity contribution >= 4 is 12.4 Å². The molecule has 1 fully saturated rings. The SMILES string of the molecule is Cc1nn(-c2ccc(F)cc2F)c(C)c1CNCC1CNCC1O.Cl. The van der Waals surface area contributed by atoms with Gasteiger partial charge in [-0.05, 0) is 26.0 Å². The van der Waals surface area contributed by atoms with Gasteiger partial charge in [0.05, 0.1) is 11.8 Å². The van der Waals surface area contributed by atoms with Gasteiger partial charge in [0.1, 0.15) is 11.5 Å². The zero-order valence-corrected chi connectivity index (χ0v) is 15.0. The molecule has 1 saturated heterocycles. The van der Waals surface area contributed by atoms with E-state index in [1.807, 2.05) is 13.8 Å². The number of aromatic nitrogens is 2. The van der Waals surface area contributed by atoms with E-state index in [1.165, 1.54) is 16.8 Å². The van der Waals surface area contributed by atoms with Gasteiger partial charge in [0.25, 0.3) is 0 Å². The molecule has 0 spiro atoms. The highest BCUT2D eigenvalue weighted by atomic mass is 35.5. The molecule has 3 rings (SSSR count). The van der Waals surface area contributed by atoms with Gasteiger partial charge >= 0.3 is 0 Å². The number of nitrogens with one attached hydrogen (secondary N) is 2. The highest BCUT2D eigenvalue weighted by Gasteiger charge is 2.24. The average Bonchev–Trinajstić information content (AvgIpc) is 3.05. The Morgan fingerprint density at radius 1 is 1.32 bits per heavy atom. The summed E-state index contributed by atoms with van der Waals surface area (Å²) in [6.45, 7) is 6.45. The lowest BCUT2D eigenvalue weighted by Gasteiger charge is -2.14. The number of nitrogens with zero attached hydrogens (tertiary/aromatic N) is 2. The Kier molecular flexibility index (Phi) is 6.51. The summed E-state index contributed by atoms with van der Waals surface area (Å²) in [4.78, 5) is 0. The van der Waals surface area contributed by atoms with Crippen molar-refractivity contribution in [1.82, 2.24) is 20.4 Å². The molecule has 2 unspecified atom stereocenters. The molecule has 2 atom stereocenters. The van der Waals surface area contributed by atoms with Crippen molar-refractivity contribution in [3.05, 3.63) is 46.8 Å². The smallest absolute Gasteiger partial charge is 0.151 e. The minimum Gasteiger partial charge on any atom is -0.391 e. The van der Waals surface area contributed by atoms with Crippen LogP contribution in [0.2, 0.25) is 0 Å². The number of β-amino-alcohol motifs (C(OH)–C–C–N with tert-alkyl or cyclic N) is 1. The summed E-state index contributed by atoms with van der Waals surface area (Å²) in [6.07, 6.45) is -0.323. The third-order valence-electron chi connectivity index (χ3n) is 4.59. The van der Waals surface area contributed by atoms with Gasteiger partial charge in [-0.25, -0.2) is 13.5 Å². The summed E-state index contributed by atoms with van der Waals surface area (Å²) in [7, 11) is 0. The maximum Gasteiger partial charge on any atom is 0.151 e. The summed E-state index contributed by atoms with van der Waals surface area (Å²) in [6, 6.07) is 3.47. The van der Waals surface area contributed by atoms with E-state index in [1.54, 1.807) is 0 Å². The average molecular weight is 373 g/mol. The molecule has 138 valence electrons. The maximum atomic E-state index is 14.0. The van der Waals surface area contributed by atoms with Gasteiger partial charge < -0.3 is 15.7 Å². The topological polar surface area (TPSA) is 62.1 Å². The molecular weight excluding hydrogens is 350 g/mol. The molecule has 5 nitrogen and oxygen atoms in total. The Morgan fingerprint density at radius 2 is 2.08 bits per heavy atom. The predicted molar refractivity (Wildman–Crippen MR) is 94.3 cm³/mol. The first-order valence-electron chi connectivity index (χ1n) is 8.07. The van der Waals surface area contributed by atoms with Gasteiger partial charge in [-0.2, -0.15) is 5.10 Å².